The molecule has 0 saturated carbocycles. The molecule has 0 atom stereocenters. The number of nitrogens with one attached hydrogen (secondary N) is 1. The number of rotatable bonds is 6. The summed E-state index contributed by atoms with van der Waals surface area (Å²) in [5, 5.41) is 11.4. The molecule has 8 heteroatoms. The lowest BCUT2D eigenvalue weighted by Gasteiger charge is -2.05. The quantitative estimate of drug-likeness (QED) is 0.652. The predicted octanol–water partition coefficient (Wildman–Crippen LogP) is 3.90. The molecule has 0 spiro atoms. The minimum atomic E-state index is -0.394. The summed E-state index contributed by atoms with van der Waals surface area (Å²) in [6, 6.07) is 4.52. The van der Waals surface area contributed by atoms with Gasteiger partial charge in [0.25, 0.3) is 0 Å². The first-order valence-corrected chi connectivity index (χ1v) is 8.82. The average molecular weight is 388 g/mol. The van der Waals surface area contributed by atoms with Crippen molar-refractivity contribution in [3.63, 3.8) is 0 Å². The van der Waals surface area contributed by atoms with Crippen molar-refractivity contribution >= 4 is 29.3 Å². The number of aromatic nitrogens is 4. The van der Waals surface area contributed by atoms with Gasteiger partial charge in [-0.05, 0) is 32.1 Å². The fraction of sp³-hybridized carbons (Fsp3) is 0.211. The second kappa shape index (κ2) is 8.18. The number of amides is 1. The normalized spacial score (nSPS) is 11.3. The number of nitrogens with zero attached hydrogens (tertiary/aromatic N) is 4. The number of carbonyl (C=O) groups excluding carboxylic acids is 1. The molecule has 1 N–H and O–H groups in total. The minimum Gasteiger partial charge on any atom is -0.320 e. The van der Waals surface area contributed by atoms with Gasteiger partial charge < -0.3 is 5.32 Å². The molecule has 0 fully saturated rings. The Kier molecular flexibility index (Phi) is 5.71. The maximum atomic E-state index is 13.9. The van der Waals surface area contributed by atoms with Crippen LogP contribution in [-0.4, -0.2) is 25.5 Å². The Morgan fingerprint density at radius 3 is 2.85 bits per heavy atom. The number of benzene rings is 1. The van der Waals surface area contributed by atoms with E-state index in [0.29, 0.717) is 16.3 Å². The van der Waals surface area contributed by atoms with E-state index in [9.17, 15) is 9.18 Å². The van der Waals surface area contributed by atoms with Gasteiger partial charge >= 0.3 is 0 Å². The van der Waals surface area contributed by atoms with Crippen molar-refractivity contribution in [2.45, 2.75) is 26.9 Å². The Morgan fingerprint density at radius 2 is 2.15 bits per heavy atom. The second-order valence-electron chi connectivity index (χ2n) is 5.95. The highest BCUT2D eigenvalue weighted by Crippen LogP contribution is 2.20. The summed E-state index contributed by atoms with van der Waals surface area (Å²) in [5.41, 5.74) is 2.74. The maximum absolute atomic E-state index is 13.9. The van der Waals surface area contributed by atoms with Gasteiger partial charge in [-0.25, -0.2) is 4.39 Å². The van der Waals surface area contributed by atoms with Gasteiger partial charge in [0.1, 0.15) is 5.82 Å². The van der Waals surface area contributed by atoms with Gasteiger partial charge in [-0.15, -0.1) is 0 Å². The Balaban J connectivity index is 1.64. The highest BCUT2D eigenvalue weighted by molar-refractivity contribution is 6.31. The van der Waals surface area contributed by atoms with E-state index in [0.717, 1.165) is 17.8 Å². The molecule has 27 heavy (non-hydrogen) atoms. The summed E-state index contributed by atoms with van der Waals surface area (Å²) in [7, 11) is 0. The van der Waals surface area contributed by atoms with E-state index < -0.39 is 5.82 Å². The zero-order valence-electron chi connectivity index (χ0n) is 15.0. The molecule has 1 aromatic carbocycles. The zero-order valence-corrected chi connectivity index (χ0v) is 15.7. The molecular weight excluding hydrogens is 369 g/mol. The molecule has 0 radical (unpaired) electrons. The number of carbonyl (C=O) groups is 1. The van der Waals surface area contributed by atoms with E-state index in [1.54, 1.807) is 30.6 Å². The smallest absolute Gasteiger partial charge is 0.248 e. The molecule has 3 rings (SSSR count). The van der Waals surface area contributed by atoms with E-state index >= 15 is 0 Å². The lowest BCUT2D eigenvalue weighted by Crippen LogP contribution is -2.07. The fourth-order valence-corrected chi connectivity index (χ4v) is 2.88. The Morgan fingerprint density at radius 1 is 1.33 bits per heavy atom. The average Bonchev–Trinajstić information content (AvgIpc) is 3.22. The molecule has 0 bridgehead atoms. The van der Waals surface area contributed by atoms with Crippen molar-refractivity contribution in [3.05, 3.63) is 70.5 Å². The van der Waals surface area contributed by atoms with Crippen molar-refractivity contribution in [2.75, 3.05) is 5.32 Å². The number of anilines is 1. The molecule has 140 valence electrons. The molecule has 2 aromatic heterocycles. The van der Waals surface area contributed by atoms with Crippen LogP contribution in [-0.2, 0) is 17.9 Å². The SMILES string of the molecule is CCn1ncc(/C=C/C(=O)Nc2cnn(Cc3c(F)cccc3Cl)c2)c1C. The van der Waals surface area contributed by atoms with Crippen LogP contribution in [0.1, 0.15) is 23.7 Å². The van der Waals surface area contributed by atoms with Crippen molar-refractivity contribution < 1.29 is 9.18 Å². The molecule has 0 unspecified atom stereocenters. The lowest BCUT2D eigenvalue weighted by molar-refractivity contribution is -0.111. The van der Waals surface area contributed by atoms with Crippen LogP contribution < -0.4 is 5.32 Å². The van der Waals surface area contributed by atoms with Crippen molar-refractivity contribution in [3.8, 4) is 0 Å². The van der Waals surface area contributed by atoms with Crippen molar-refractivity contribution in [2.24, 2.45) is 0 Å². The topological polar surface area (TPSA) is 64.7 Å². The molecule has 0 aliphatic heterocycles. The molecule has 6 nitrogen and oxygen atoms in total. The predicted molar refractivity (Wildman–Crippen MR) is 103 cm³/mol. The van der Waals surface area contributed by atoms with Crippen LogP contribution in [0.3, 0.4) is 0 Å². The van der Waals surface area contributed by atoms with Crippen LogP contribution in [0, 0.1) is 12.7 Å². The van der Waals surface area contributed by atoms with Crippen molar-refractivity contribution in [1.82, 2.24) is 19.6 Å². The molecule has 0 aliphatic carbocycles. The van der Waals surface area contributed by atoms with Crippen LogP contribution in [0.5, 0.6) is 0 Å². The fourth-order valence-electron chi connectivity index (χ4n) is 2.65. The van der Waals surface area contributed by atoms with Gasteiger partial charge in [0.15, 0.2) is 0 Å². The Bertz CT molecular complexity index is 972. The molecule has 2 heterocycles. The first-order valence-electron chi connectivity index (χ1n) is 8.44. The third-order valence-electron chi connectivity index (χ3n) is 4.14. The highest BCUT2D eigenvalue weighted by Gasteiger charge is 2.09. The number of hydrogen-bond donors (Lipinski definition) is 1. The van der Waals surface area contributed by atoms with Gasteiger partial charge in [0, 0.05) is 40.7 Å². The van der Waals surface area contributed by atoms with Gasteiger partial charge in [-0.1, -0.05) is 17.7 Å². The lowest BCUT2D eigenvalue weighted by atomic mass is 10.2. The van der Waals surface area contributed by atoms with E-state index in [4.69, 9.17) is 11.6 Å². The van der Waals surface area contributed by atoms with E-state index in [1.165, 1.54) is 23.0 Å². The van der Waals surface area contributed by atoms with Crippen LogP contribution in [0.25, 0.3) is 6.08 Å². The van der Waals surface area contributed by atoms with Gasteiger partial charge in [0.2, 0.25) is 5.91 Å². The minimum absolute atomic E-state index is 0.173. The second-order valence-corrected chi connectivity index (χ2v) is 6.36. The van der Waals surface area contributed by atoms with Gasteiger partial charge in [-0.3, -0.25) is 14.2 Å². The van der Waals surface area contributed by atoms with E-state index in [1.807, 2.05) is 18.5 Å². The van der Waals surface area contributed by atoms with E-state index in [-0.39, 0.29) is 12.5 Å². The largest absolute Gasteiger partial charge is 0.320 e. The summed E-state index contributed by atoms with van der Waals surface area (Å²) in [6.45, 7) is 4.90. The number of halogens is 2. The van der Waals surface area contributed by atoms with Crippen LogP contribution in [0.2, 0.25) is 5.02 Å². The summed E-state index contributed by atoms with van der Waals surface area (Å²) in [4.78, 5) is 12.1. The third-order valence-corrected chi connectivity index (χ3v) is 4.49. The first-order chi connectivity index (χ1) is 13.0. The number of hydrogen-bond acceptors (Lipinski definition) is 3. The first kappa shape index (κ1) is 18.8. The van der Waals surface area contributed by atoms with E-state index in [2.05, 4.69) is 15.5 Å². The number of aryl methyl sites for hydroxylation is 1. The molecule has 1 amide bonds. The van der Waals surface area contributed by atoms with Gasteiger partial charge in [0.05, 0.1) is 24.6 Å². The van der Waals surface area contributed by atoms with Crippen LogP contribution in [0.4, 0.5) is 10.1 Å². The summed E-state index contributed by atoms with van der Waals surface area (Å²) >= 11 is 6.03. The maximum Gasteiger partial charge on any atom is 0.248 e. The zero-order chi connectivity index (χ0) is 19.4. The van der Waals surface area contributed by atoms with Crippen molar-refractivity contribution in [1.29, 1.82) is 0 Å². The summed E-state index contributed by atoms with van der Waals surface area (Å²) < 4.78 is 17.2. The van der Waals surface area contributed by atoms with Gasteiger partial charge in [-0.2, -0.15) is 10.2 Å². The summed E-state index contributed by atoms with van der Waals surface area (Å²) in [6.07, 6.45) is 8.00. The standard InChI is InChI=1S/C19H19ClFN5O/c1-3-26-13(2)14(9-23-26)7-8-19(27)24-15-10-22-25(11-15)12-16-17(20)5-4-6-18(16)21/h4-11H,3,12H2,1-2H3,(H,24,27)/b8-7+. The molecule has 3 aromatic rings. The Hall–Kier alpha value is -2.93. The molecular formula is C19H19ClFN5O. The molecule has 0 aliphatic rings. The summed E-state index contributed by atoms with van der Waals surface area (Å²) in [5.74, 6) is -0.684. The molecule has 0 saturated heterocycles. The Labute approximate surface area is 161 Å². The van der Waals surface area contributed by atoms with Crippen LogP contribution >= 0.6 is 11.6 Å². The van der Waals surface area contributed by atoms with Crippen LogP contribution in [0.15, 0.2) is 42.9 Å². The third kappa shape index (κ3) is 4.43. The highest BCUT2D eigenvalue weighted by atomic mass is 35.5. The monoisotopic (exact) mass is 387 g/mol.